The van der Waals surface area contributed by atoms with E-state index in [9.17, 15) is 4.79 Å². The average molecular weight is 252 g/mol. The first-order chi connectivity index (χ1) is 8.79. The second-order valence-electron chi connectivity index (χ2n) is 6.03. The van der Waals surface area contributed by atoms with Gasteiger partial charge in [0, 0.05) is 19.5 Å². The molecule has 0 aromatic carbocycles. The molecule has 2 saturated heterocycles. The van der Waals surface area contributed by atoms with Crippen LogP contribution in [0.3, 0.4) is 0 Å². The number of amides is 1. The maximum atomic E-state index is 12.2. The van der Waals surface area contributed by atoms with Gasteiger partial charge in [-0.05, 0) is 57.0 Å². The summed E-state index contributed by atoms with van der Waals surface area (Å²) >= 11 is 0. The van der Waals surface area contributed by atoms with E-state index in [1.807, 2.05) is 0 Å². The number of carbonyl (C=O) groups excluding carboxylic acids is 1. The molecule has 2 rings (SSSR count). The van der Waals surface area contributed by atoms with E-state index in [0.29, 0.717) is 5.91 Å². The Morgan fingerprint density at radius 3 is 2.89 bits per heavy atom. The summed E-state index contributed by atoms with van der Waals surface area (Å²) in [5, 5.41) is 3.37. The Morgan fingerprint density at radius 1 is 1.28 bits per heavy atom. The number of hydrogen-bond acceptors (Lipinski definition) is 2. The molecular formula is C15H28N2O. The number of carbonyl (C=O) groups is 1. The third kappa shape index (κ3) is 3.98. The summed E-state index contributed by atoms with van der Waals surface area (Å²) in [5.74, 6) is 1.91. The molecule has 2 fully saturated rings. The molecule has 3 heteroatoms. The molecule has 0 saturated carbocycles. The topological polar surface area (TPSA) is 32.3 Å². The lowest BCUT2D eigenvalue weighted by Gasteiger charge is -2.33. The van der Waals surface area contributed by atoms with Gasteiger partial charge in [-0.2, -0.15) is 0 Å². The maximum Gasteiger partial charge on any atom is 0.222 e. The highest BCUT2D eigenvalue weighted by molar-refractivity contribution is 5.76. The summed E-state index contributed by atoms with van der Waals surface area (Å²) in [6.07, 6.45) is 8.18. The summed E-state index contributed by atoms with van der Waals surface area (Å²) < 4.78 is 0. The molecule has 0 aliphatic carbocycles. The van der Waals surface area contributed by atoms with Crippen molar-refractivity contribution < 1.29 is 4.79 Å². The Labute approximate surface area is 111 Å². The van der Waals surface area contributed by atoms with Crippen molar-refractivity contribution in [3.8, 4) is 0 Å². The second-order valence-corrected chi connectivity index (χ2v) is 6.03. The fraction of sp³-hybridized carbons (Fsp3) is 0.933. The third-order valence-electron chi connectivity index (χ3n) is 4.50. The Hall–Kier alpha value is -0.570. The monoisotopic (exact) mass is 252 g/mol. The molecule has 0 bridgehead atoms. The van der Waals surface area contributed by atoms with Crippen LogP contribution in [0.2, 0.25) is 0 Å². The van der Waals surface area contributed by atoms with E-state index in [0.717, 1.165) is 50.9 Å². The fourth-order valence-corrected chi connectivity index (χ4v) is 3.38. The van der Waals surface area contributed by atoms with Gasteiger partial charge in [-0.3, -0.25) is 4.79 Å². The van der Waals surface area contributed by atoms with Gasteiger partial charge >= 0.3 is 0 Å². The van der Waals surface area contributed by atoms with Gasteiger partial charge in [0.2, 0.25) is 5.91 Å². The first kappa shape index (κ1) is 13.9. The van der Waals surface area contributed by atoms with Crippen molar-refractivity contribution in [2.45, 2.75) is 51.9 Å². The van der Waals surface area contributed by atoms with Crippen LogP contribution in [0.4, 0.5) is 0 Å². The zero-order valence-electron chi connectivity index (χ0n) is 11.8. The van der Waals surface area contributed by atoms with E-state index in [4.69, 9.17) is 0 Å². The zero-order chi connectivity index (χ0) is 12.8. The standard InChI is InChI=1S/C15H28N2O/c1-2-4-14-5-3-10-17(12-14)15(18)7-6-13-8-9-16-11-13/h13-14,16H,2-12H2,1H3. The predicted octanol–water partition coefficient (Wildman–Crippen LogP) is 2.41. The Balaban J connectivity index is 1.70. The van der Waals surface area contributed by atoms with Crippen LogP contribution >= 0.6 is 0 Å². The maximum absolute atomic E-state index is 12.2. The van der Waals surface area contributed by atoms with E-state index in [2.05, 4.69) is 17.1 Å². The highest BCUT2D eigenvalue weighted by Crippen LogP contribution is 2.22. The number of rotatable bonds is 5. The molecule has 0 spiro atoms. The molecule has 2 aliphatic heterocycles. The van der Waals surface area contributed by atoms with Gasteiger partial charge in [-0.15, -0.1) is 0 Å². The lowest BCUT2D eigenvalue weighted by molar-refractivity contribution is -0.133. The van der Waals surface area contributed by atoms with Gasteiger partial charge in [-0.1, -0.05) is 13.3 Å². The van der Waals surface area contributed by atoms with Gasteiger partial charge in [0.25, 0.3) is 0 Å². The van der Waals surface area contributed by atoms with Gasteiger partial charge in [0.1, 0.15) is 0 Å². The SMILES string of the molecule is CCCC1CCCN(C(=O)CCC2CCNC2)C1. The summed E-state index contributed by atoms with van der Waals surface area (Å²) in [7, 11) is 0. The molecule has 3 nitrogen and oxygen atoms in total. The summed E-state index contributed by atoms with van der Waals surface area (Å²) in [4.78, 5) is 14.3. The van der Waals surface area contributed by atoms with Crippen molar-refractivity contribution in [1.82, 2.24) is 10.2 Å². The number of nitrogens with zero attached hydrogens (tertiary/aromatic N) is 1. The van der Waals surface area contributed by atoms with Crippen LogP contribution in [0, 0.1) is 11.8 Å². The average Bonchev–Trinajstić information content (AvgIpc) is 2.90. The smallest absolute Gasteiger partial charge is 0.222 e. The Kier molecular flexibility index (Phi) is 5.48. The highest BCUT2D eigenvalue weighted by atomic mass is 16.2. The number of likely N-dealkylation sites (tertiary alicyclic amines) is 1. The molecular weight excluding hydrogens is 224 g/mol. The van der Waals surface area contributed by atoms with Gasteiger partial charge in [-0.25, -0.2) is 0 Å². The Morgan fingerprint density at radius 2 is 2.17 bits per heavy atom. The molecule has 0 radical (unpaired) electrons. The molecule has 2 heterocycles. The first-order valence-electron chi connectivity index (χ1n) is 7.78. The van der Waals surface area contributed by atoms with Crippen LogP contribution in [-0.4, -0.2) is 37.0 Å². The van der Waals surface area contributed by atoms with E-state index >= 15 is 0 Å². The van der Waals surface area contributed by atoms with Crippen LogP contribution in [0.1, 0.15) is 51.9 Å². The molecule has 2 aliphatic rings. The number of piperidine rings is 1. The lowest BCUT2D eigenvalue weighted by atomic mass is 9.93. The largest absolute Gasteiger partial charge is 0.342 e. The minimum atomic E-state index is 0.405. The first-order valence-corrected chi connectivity index (χ1v) is 7.78. The molecule has 1 N–H and O–H groups in total. The number of hydrogen-bond donors (Lipinski definition) is 1. The molecule has 0 aromatic rings. The van der Waals surface area contributed by atoms with Gasteiger partial charge in [0.15, 0.2) is 0 Å². The van der Waals surface area contributed by atoms with Crippen molar-refractivity contribution in [3.05, 3.63) is 0 Å². The molecule has 18 heavy (non-hydrogen) atoms. The normalized spacial score (nSPS) is 28.6. The molecule has 2 unspecified atom stereocenters. The highest BCUT2D eigenvalue weighted by Gasteiger charge is 2.24. The van der Waals surface area contributed by atoms with Crippen molar-refractivity contribution in [3.63, 3.8) is 0 Å². The van der Waals surface area contributed by atoms with E-state index < -0.39 is 0 Å². The Bertz CT molecular complexity index is 259. The van der Waals surface area contributed by atoms with Crippen molar-refractivity contribution in [2.75, 3.05) is 26.2 Å². The fourth-order valence-electron chi connectivity index (χ4n) is 3.38. The zero-order valence-corrected chi connectivity index (χ0v) is 11.8. The van der Waals surface area contributed by atoms with Crippen molar-refractivity contribution in [1.29, 1.82) is 0 Å². The summed E-state index contributed by atoms with van der Waals surface area (Å²) in [6, 6.07) is 0. The van der Waals surface area contributed by atoms with Gasteiger partial charge in [0.05, 0.1) is 0 Å². The van der Waals surface area contributed by atoms with E-state index in [-0.39, 0.29) is 0 Å². The predicted molar refractivity (Wildman–Crippen MR) is 74.4 cm³/mol. The third-order valence-corrected chi connectivity index (χ3v) is 4.50. The van der Waals surface area contributed by atoms with Gasteiger partial charge < -0.3 is 10.2 Å². The van der Waals surface area contributed by atoms with E-state index in [1.165, 1.54) is 32.1 Å². The molecule has 104 valence electrons. The van der Waals surface area contributed by atoms with Crippen LogP contribution in [0.15, 0.2) is 0 Å². The van der Waals surface area contributed by atoms with Crippen molar-refractivity contribution in [2.24, 2.45) is 11.8 Å². The second kappa shape index (κ2) is 7.13. The molecule has 2 atom stereocenters. The number of nitrogens with one attached hydrogen (secondary N) is 1. The quantitative estimate of drug-likeness (QED) is 0.815. The molecule has 1 amide bonds. The van der Waals surface area contributed by atoms with Crippen LogP contribution < -0.4 is 5.32 Å². The summed E-state index contributed by atoms with van der Waals surface area (Å²) in [5.41, 5.74) is 0. The van der Waals surface area contributed by atoms with E-state index in [1.54, 1.807) is 0 Å². The van der Waals surface area contributed by atoms with Crippen LogP contribution in [-0.2, 0) is 4.79 Å². The minimum absolute atomic E-state index is 0.405. The van der Waals surface area contributed by atoms with Crippen molar-refractivity contribution >= 4 is 5.91 Å². The minimum Gasteiger partial charge on any atom is -0.342 e. The van der Waals surface area contributed by atoms with Crippen LogP contribution in [0.25, 0.3) is 0 Å². The van der Waals surface area contributed by atoms with Crippen LogP contribution in [0.5, 0.6) is 0 Å². The molecule has 0 aromatic heterocycles. The summed E-state index contributed by atoms with van der Waals surface area (Å²) in [6.45, 7) is 6.53. The lowest BCUT2D eigenvalue weighted by Crippen LogP contribution is -2.40.